The Balaban J connectivity index is 1.46. The summed E-state index contributed by atoms with van der Waals surface area (Å²) in [4.78, 5) is 22.0. The molecule has 0 aliphatic heterocycles. The number of thiazole rings is 1. The predicted octanol–water partition coefficient (Wildman–Crippen LogP) is 4.53. The number of rotatable bonds is 10. The van der Waals surface area contributed by atoms with Gasteiger partial charge in [0.25, 0.3) is 5.91 Å². The van der Waals surface area contributed by atoms with E-state index in [1.54, 1.807) is 6.20 Å². The normalized spacial score (nSPS) is 10.6. The summed E-state index contributed by atoms with van der Waals surface area (Å²) in [6, 6.07) is 13.6. The standard InChI is InChI=1S/C22H26N4O2S/c1-3-28-18-11-9-17(10-12-18)22-26-16(2)20(29-22)21(27)25-15-7-6-14-24-19-8-4-5-13-23-19/h4-5,8-13H,3,6-7,14-15H2,1-2H3,(H,23,24)(H,25,27). The molecule has 0 saturated heterocycles. The molecule has 0 aliphatic carbocycles. The van der Waals surface area contributed by atoms with Gasteiger partial charge in [-0.25, -0.2) is 9.97 Å². The highest BCUT2D eigenvalue weighted by Gasteiger charge is 2.15. The Hall–Kier alpha value is -2.93. The lowest BCUT2D eigenvalue weighted by atomic mass is 10.2. The van der Waals surface area contributed by atoms with Gasteiger partial charge in [0.05, 0.1) is 12.3 Å². The van der Waals surface area contributed by atoms with Gasteiger partial charge in [-0.15, -0.1) is 11.3 Å². The van der Waals surface area contributed by atoms with Crippen molar-refractivity contribution < 1.29 is 9.53 Å². The molecule has 0 atom stereocenters. The van der Waals surface area contributed by atoms with E-state index in [1.165, 1.54) is 11.3 Å². The van der Waals surface area contributed by atoms with Gasteiger partial charge in [0.1, 0.15) is 21.5 Å². The van der Waals surface area contributed by atoms with Crippen molar-refractivity contribution in [3.8, 4) is 16.3 Å². The van der Waals surface area contributed by atoms with Crippen LogP contribution in [-0.2, 0) is 0 Å². The van der Waals surface area contributed by atoms with Crippen molar-refractivity contribution in [2.24, 2.45) is 0 Å². The number of carbonyl (C=O) groups excluding carboxylic acids is 1. The highest BCUT2D eigenvalue weighted by atomic mass is 32.1. The average Bonchev–Trinajstić information content (AvgIpc) is 3.14. The number of anilines is 1. The second kappa shape index (κ2) is 10.6. The Kier molecular flexibility index (Phi) is 7.58. The third kappa shape index (κ3) is 6.02. The van der Waals surface area contributed by atoms with E-state index in [4.69, 9.17) is 4.74 Å². The minimum Gasteiger partial charge on any atom is -0.494 e. The fourth-order valence-electron chi connectivity index (χ4n) is 2.81. The number of carbonyl (C=O) groups is 1. The summed E-state index contributed by atoms with van der Waals surface area (Å²) in [7, 11) is 0. The van der Waals surface area contributed by atoms with E-state index in [2.05, 4.69) is 20.6 Å². The van der Waals surface area contributed by atoms with E-state index < -0.39 is 0 Å². The van der Waals surface area contributed by atoms with Crippen LogP contribution in [0.25, 0.3) is 10.6 Å². The Morgan fingerprint density at radius 1 is 1.10 bits per heavy atom. The van der Waals surface area contributed by atoms with E-state index in [-0.39, 0.29) is 5.91 Å². The van der Waals surface area contributed by atoms with Crippen LogP contribution < -0.4 is 15.4 Å². The number of nitrogens with zero attached hydrogens (tertiary/aromatic N) is 2. The highest BCUT2D eigenvalue weighted by Crippen LogP contribution is 2.29. The van der Waals surface area contributed by atoms with Gasteiger partial charge in [-0.1, -0.05) is 6.07 Å². The molecule has 3 aromatic rings. The van der Waals surface area contributed by atoms with Crippen LogP contribution in [0.15, 0.2) is 48.7 Å². The number of aryl methyl sites for hydroxylation is 1. The van der Waals surface area contributed by atoms with Gasteiger partial charge in [0.15, 0.2) is 0 Å². The predicted molar refractivity (Wildman–Crippen MR) is 118 cm³/mol. The van der Waals surface area contributed by atoms with Gasteiger partial charge in [-0.2, -0.15) is 0 Å². The zero-order valence-corrected chi connectivity index (χ0v) is 17.6. The summed E-state index contributed by atoms with van der Waals surface area (Å²) in [6.45, 7) is 5.94. The van der Waals surface area contributed by atoms with Crippen LogP contribution in [-0.4, -0.2) is 35.6 Å². The molecule has 0 radical (unpaired) electrons. The lowest BCUT2D eigenvalue weighted by Gasteiger charge is -2.06. The Morgan fingerprint density at radius 3 is 2.62 bits per heavy atom. The summed E-state index contributed by atoms with van der Waals surface area (Å²) in [5, 5.41) is 7.11. The lowest BCUT2D eigenvalue weighted by Crippen LogP contribution is -2.24. The van der Waals surface area contributed by atoms with Gasteiger partial charge in [0.2, 0.25) is 0 Å². The van der Waals surface area contributed by atoms with Gasteiger partial charge < -0.3 is 15.4 Å². The second-order valence-electron chi connectivity index (χ2n) is 6.50. The zero-order chi connectivity index (χ0) is 20.5. The monoisotopic (exact) mass is 410 g/mol. The summed E-state index contributed by atoms with van der Waals surface area (Å²) >= 11 is 1.42. The summed E-state index contributed by atoms with van der Waals surface area (Å²) in [6.07, 6.45) is 3.62. The van der Waals surface area contributed by atoms with E-state index in [0.29, 0.717) is 18.0 Å². The molecule has 0 aliphatic rings. The number of benzene rings is 1. The maximum absolute atomic E-state index is 12.5. The first-order chi connectivity index (χ1) is 14.2. The van der Waals surface area contributed by atoms with E-state index >= 15 is 0 Å². The largest absolute Gasteiger partial charge is 0.494 e. The van der Waals surface area contributed by atoms with Crippen LogP contribution in [0.4, 0.5) is 5.82 Å². The molecule has 2 heterocycles. The minimum atomic E-state index is -0.0603. The molecule has 7 heteroatoms. The molecule has 0 bridgehead atoms. The molecule has 29 heavy (non-hydrogen) atoms. The van der Waals surface area contributed by atoms with Crippen molar-refractivity contribution in [1.29, 1.82) is 0 Å². The van der Waals surface area contributed by atoms with Crippen molar-refractivity contribution >= 4 is 23.1 Å². The molecule has 2 aromatic heterocycles. The first-order valence-electron chi connectivity index (χ1n) is 9.81. The van der Waals surface area contributed by atoms with Gasteiger partial charge in [-0.05, 0) is 63.1 Å². The zero-order valence-electron chi connectivity index (χ0n) is 16.8. The molecule has 1 amide bonds. The molecule has 0 spiro atoms. The van der Waals surface area contributed by atoms with Crippen LogP contribution in [0.2, 0.25) is 0 Å². The molecule has 3 rings (SSSR count). The van der Waals surface area contributed by atoms with Crippen molar-refractivity contribution in [3.63, 3.8) is 0 Å². The summed E-state index contributed by atoms with van der Waals surface area (Å²) in [5.41, 5.74) is 1.74. The molecule has 0 saturated carbocycles. The third-order valence-corrected chi connectivity index (χ3v) is 5.48. The number of hydrogen-bond donors (Lipinski definition) is 2. The SMILES string of the molecule is CCOc1ccc(-c2nc(C)c(C(=O)NCCCCNc3ccccn3)s2)cc1. The fourth-order valence-corrected chi connectivity index (χ4v) is 3.80. The maximum Gasteiger partial charge on any atom is 0.263 e. The number of ether oxygens (including phenoxy) is 1. The van der Waals surface area contributed by atoms with Crippen molar-refractivity contribution in [1.82, 2.24) is 15.3 Å². The number of aromatic nitrogens is 2. The van der Waals surface area contributed by atoms with Crippen LogP contribution in [0, 0.1) is 6.92 Å². The van der Waals surface area contributed by atoms with E-state index in [0.717, 1.165) is 47.2 Å². The molecular weight excluding hydrogens is 384 g/mol. The third-order valence-electron chi connectivity index (χ3n) is 4.28. The van der Waals surface area contributed by atoms with E-state index in [1.807, 2.05) is 56.3 Å². The van der Waals surface area contributed by atoms with Gasteiger partial charge >= 0.3 is 0 Å². The van der Waals surface area contributed by atoms with Crippen LogP contribution in [0.5, 0.6) is 5.75 Å². The van der Waals surface area contributed by atoms with Crippen LogP contribution in [0.1, 0.15) is 35.1 Å². The molecule has 1 aromatic carbocycles. The average molecular weight is 411 g/mol. The number of hydrogen-bond acceptors (Lipinski definition) is 6. The number of unbranched alkanes of at least 4 members (excludes halogenated alkanes) is 1. The first kappa shape index (κ1) is 20.8. The molecule has 0 fully saturated rings. The summed E-state index contributed by atoms with van der Waals surface area (Å²) in [5.74, 6) is 1.65. The fraction of sp³-hybridized carbons (Fsp3) is 0.318. The topological polar surface area (TPSA) is 76.1 Å². The van der Waals surface area contributed by atoms with Gasteiger partial charge in [0, 0.05) is 24.8 Å². The molecule has 0 unspecified atom stereocenters. The molecule has 2 N–H and O–H groups in total. The quantitative estimate of drug-likeness (QED) is 0.480. The molecular formula is C22H26N4O2S. The Bertz CT molecular complexity index is 910. The Labute approximate surface area is 175 Å². The van der Waals surface area contributed by atoms with Gasteiger partial charge in [-0.3, -0.25) is 4.79 Å². The van der Waals surface area contributed by atoms with Crippen LogP contribution >= 0.6 is 11.3 Å². The van der Waals surface area contributed by atoms with Crippen LogP contribution in [0.3, 0.4) is 0 Å². The van der Waals surface area contributed by atoms with Crippen molar-refractivity contribution in [2.75, 3.05) is 25.0 Å². The van der Waals surface area contributed by atoms with Crippen molar-refractivity contribution in [2.45, 2.75) is 26.7 Å². The molecule has 152 valence electrons. The first-order valence-corrected chi connectivity index (χ1v) is 10.6. The maximum atomic E-state index is 12.5. The van der Waals surface area contributed by atoms with E-state index in [9.17, 15) is 4.79 Å². The smallest absolute Gasteiger partial charge is 0.263 e. The lowest BCUT2D eigenvalue weighted by molar-refractivity contribution is 0.0956. The highest BCUT2D eigenvalue weighted by molar-refractivity contribution is 7.17. The number of nitrogens with one attached hydrogen (secondary N) is 2. The number of pyridine rings is 1. The summed E-state index contributed by atoms with van der Waals surface area (Å²) < 4.78 is 5.47. The number of amides is 1. The second-order valence-corrected chi connectivity index (χ2v) is 7.49. The minimum absolute atomic E-state index is 0.0603. The Morgan fingerprint density at radius 2 is 1.90 bits per heavy atom. The molecule has 6 nitrogen and oxygen atoms in total. The van der Waals surface area contributed by atoms with Crippen molar-refractivity contribution in [3.05, 3.63) is 59.2 Å².